The molecule has 0 aromatic rings. The number of halogens is 1. The van der Waals surface area contributed by atoms with Gasteiger partial charge in [0.05, 0.1) is 12.2 Å². The molecule has 0 aliphatic carbocycles. The van der Waals surface area contributed by atoms with Crippen LogP contribution in [0.15, 0.2) is 0 Å². The topological polar surface area (TPSA) is 12.5 Å². The average Bonchev–Trinajstić information content (AvgIpc) is 2.13. The van der Waals surface area contributed by atoms with E-state index in [1.165, 1.54) is 13.0 Å². The standard InChI is InChI=1S/C7H14INO/c1-6(2)10-7-3-4-9(8)5-7/h6-7H,3-5H2,1-2H3. The quantitative estimate of drug-likeness (QED) is 0.551. The van der Waals surface area contributed by atoms with Gasteiger partial charge in [0.25, 0.3) is 0 Å². The molecule has 0 N–H and O–H groups in total. The Balaban J connectivity index is 2.18. The van der Waals surface area contributed by atoms with Gasteiger partial charge in [-0.2, -0.15) is 0 Å². The van der Waals surface area contributed by atoms with Crippen LogP contribution in [-0.4, -0.2) is 28.4 Å². The Hall–Kier alpha value is 0.650. The predicted molar refractivity (Wildman–Crippen MR) is 50.2 cm³/mol. The third-order valence-corrected chi connectivity index (χ3v) is 2.44. The van der Waals surface area contributed by atoms with E-state index in [-0.39, 0.29) is 0 Å². The molecule has 0 aromatic heterocycles. The molecular weight excluding hydrogens is 241 g/mol. The average molecular weight is 255 g/mol. The van der Waals surface area contributed by atoms with E-state index in [9.17, 15) is 0 Å². The fourth-order valence-electron chi connectivity index (χ4n) is 1.18. The van der Waals surface area contributed by atoms with Crippen LogP contribution in [0, 0.1) is 0 Å². The fraction of sp³-hybridized carbons (Fsp3) is 1.00. The molecule has 0 saturated carbocycles. The Morgan fingerprint density at radius 1 is 1.60 bits per heavy atom. The summed E-state index contributed by atoms with van der Waals surface area (Å²) in [5.74, 6) is 0. The Labute approximate surface area is 76.4 Å². The van der Waals surface area contributed by atoms with Gasteiger partial charge in [-0.25, -0.2) is 3.11 Å². The summed E-state index contributed by atoms with van der Waals surface area (Å²) in [6.07, 6.45) is 2.06. The van der Waals surface area contributed by atoms with Crippen LogP contribution in [0.3, 0.4) is 0 Å². The summed E-state index contributed by atoms with van der Waals surface area (Å²) < 4.78 is 7.92. The second-order valence-corrected chi connectivity index (χ2v) is 4.33. The first kappa shape index (κ1) is 8.74. The normalized spacial score (nSPS) is 28.2. The van der Waals surface area contributed by atoms with Gasteiger partial charge >= 0.3 is 0 Å². The highest BCUT2D eigenvalue weighted by Gasteiger charge is 2.21. The lowest BCUT2D eigenvalue weighted by molar-refractivity contribution is 0.0181. The molecule has 60 valence electrons. The van der Waals surface area contributed by atoms with Crippen molar-refractivity contribution in [3.63, 3.8) is 0 Å². The third kappa shape index (κ3) is 2.72. The molecule has 1 aliphatic rings. The van der Waals surface area contributed by atoms with E-state index in [0.717, 1.165) is 6.54 Å². The SMILES string of the molecule is CC(C)OC1CCN(I)C1. The molecule has 1 saturated heterocycles. The zero-order valence-corrected chi connectivity index (χ0v) is 8.67. The highest BCUT2D eigenvalue weighted by molar-refractivity contribution is 14.1. The van der Waals surface area contributed by atoms with Crippen molar-refractivity contribution in [2.45, 2.75) is 32.5 Å². The second kappa shape index (κ2) is 3.88. The van der Waals surface area contributed by atoms with Crippen LogP contribution in [0.1, 0.15) is 20.3 Å². The van der Waals surface area contributed by atoms with E-state index >= 15 is 0 Å². The molecule has 0 amide bonds. The van der Waals surface area contributed by atoms with E-state index in [4.69, 9.17) is 4.74 Å². The molecule has 0 bridgehead atoms. The molecular formula is C7H14INO. The first-order valence-electron chi connectivity index (χ1n) is 3.74. The van der Waals surface area contributed by atoms with E-state index in [1.807, 2.05) is 0 Å². The Morgan fingerprint density at radius 2 is 2.30 bits per heavy atom. The first-order chi connectivity index (χ1) is 4.68. The fourth-order valence-corrected chi connectivity index (χ4v) is 1.90. The number of hydrogen-bond donors (Lipinski definition) is 0. The summed E-state index contributed by atoms with van der Waals surface area (Å²) in [4.78, 5) is 0. The molecule has 0 radical (unpaired) electrons. The second-order valence-electron chi connectivity index (χ2n) is 2.96. The molecule has 1 aliphatic heterocycles. The van der Waals surface area contributed by atoms with Crippen molar-refractivity contribution in [2.75, 3.05) is 13.1 Å². The van der Waals surface area contributed by atoms with Crippen LogP contribution in [0.4, 0.5) is 0 Å². The number of hydrogen-bond acceptors (Lipinski definition) is 2. The number of rotatable bonds is 2. The predicted octanol–water partition coefficient (Wildman–Crippen LogP) is 1.84. The third-order valence-electron chi connectivity index (χ3n) is 1.56. The Kier molecular flexibility index (Phi) is 3.39. The maximum absolute atomic E-state index is 5.64. The minimum absolute atomic E-state index is 0.382. The first-order valence-corrected chi connectivity index (χ1v) is 4.71. The van der Waals surface area contributed by atoms with Gasteiger partial charge in [-0.1, -0.05) is 0 Å². The maximum Gasteiger partial charge on any atom is 0.0726 e. The van der Waals surface area contributed by atoms with Gasteiger partial charge in [-0.05, 0) is 20.3 Å². The summed E-state index contributed by atoms with van der Waals surface area (Å²) in [6.45, 7) is 6.46. The maximum atomic E-state index is 5.64. The van der Waals surface area contributed by atoms with Crippen LogP contribution in [0.5, 0.6) is 0 Å². The lowest BCUT2D eigenvalue weighted by atomic mass is 10.3. The lowest BCUT2D eigenvalue weighted by Gasteiger charge is -2.13. The summed E-state index contributed by atoms with van der Waals surface area (Å²) in [6, 6.07) is 0. The summed E-state index contributed by atoms with van der Waals surface area (Å²) in [7, 11) is 0. The van der Waals surface area contributed by atoms with Gasteiger partial charge in [-0.3, -0.25) is 0 Å². The highest BCUT2D eigenvalue weighted by atomic mass is 127. The molecule has 3 heteroatoms. The lowest BCUT2D eigenvalue weighted by Crippen LogP contribution is -2.19. The van der Waals surface area contributed by atoms with Crippen LogP contribution in [0.25, 0.3) is 0 Å². The molecule has 1 heterocycles. The van der Waals surface area contributed by atoms with E-state index in [2.05, 4.69) is 39.8 Å². The van der Waals surface area contributed by atoms with Crippen molar-refractivity contribution in [1.29, 1.82) is 0 Å². The molecule has 0 aromatic carbocycles. The van der Waals surface area contributed by atoms with Gasteiger partial charge in [0, 0.05) is 36.0 Å². The molecule has 1 unspecified atom stereocenters. The van der Waals surface area contributed by atoms with Gasteiger partial charge in [-0.15, -0.1) is 0 Å². The Morgan fingerprint density at radius 3 is 2.70 bits per heavy atom. The van der Waals surface area contributed by atoms with Crippen LogP contribution in [0.2, 0.25) is 0 Å². The van der Waals surface area contributed by atoms with Crippen molar-refractivity contribution in [1.82, 2.24) is 3.11 Å². The Bertz CT molecular complexity index is 108. The van der Waals surface area contributed by atoms with E-state index in [1.54, 1.807) is 0 Å². The van der Waals surface area contributed by atoms with Gasteiger partial charge in [0.2, 0.25) is 0 Å². The van der Waals surface area contributed by atoms with E-state index in [0.29, 0.717) is 12.2 Å². The van der Waals surface area contributed by atoms with Crippen molar-refractivity contribution < 1.29 is 4.74 Å². The van der Waals surface area contributed by atoms with Crippen LogP contribution >= 0.6 is 22.9 Å². The minimum atomic E-state index is 0.382. The molecule has 1 fully saturated rings. The molecule has 10 heavy (non-hydrogen) atoms. The zero-order chi connectivity index (χ0) is 7.56. The van der Waals surface area contributed by atoms with Crippen LogP contribution in [-0.2, 0) is 4.74 Å². The highest BCUT2D eigenvalue weighted by Crippen LogP contribution is 2.17. The summed E-state index contributed by atoms with van der Waals surface area (Å²) in [5, 5.41) is 0. The molecule has 2 nitrogen and oxygen atoms in total. The van der Waals surface area contributed by atoms with Crippen molar-refractivity contribution in [2.24, 2.45) is 0 Å². The van der Waals surface area contributed by atoms with Gasteiger partial charge in [0.15, 0.2) is 0 Å². The van der Waals surface area contributed by atoms with Crippen molar-refractivity contribution in [3.05, 3.63) is 0 Å². The smallest absolute Gasteiger partial charge is 0.0726 e. The van der Waals surface area contributed by atoms with Crippen molar-refractivity contribution >= 4 is 22.9 Å². The molecule has 1 rings (SSSR count). The summed E-state index contributed by atoms with van der Waals surface area (Å²) >= 11 is 2.35. The minimum Gasteiger partial charge on any atom is -0.374 e. The van der Waals surface area contributed by atoms with Crippen LogP contribution < -0.4 is 0 Å². The number of nitrogens with zero attached hydrogens (tertiary/aromatic N) is 1. The number of ether oxygens (including phenoxy) is 1. The van der Waals surface area contributed by atoms with Gasteiger partial charge in [0.1, 0.15) is 0 Å². The monoisotopic (exact) mass is 255 g/mol. The van der Waals surface area contributed by atoms with E-state index < -0.39 is 0 Å². The zero-order valence-electron chi connectivity index (χ0n) is 6.51. The molecule has 1 atom stereocenters. The largest absolute Gasteiger partial charge is 0.374 e. The van der Waals surface area contributed by atoms with Gasteiger partial charge < -0.3 is 4.74 Å². The van der Waals surface area contributed by atoms with Crippen molar-refractivity contribution in [3.8, 4) is 0 Å². The summed E-state index contributed by atoms with van der Waals surface area (Å²) in [5.41, 5.74) is 0. The molecule has 0 spiro atoms.